The molecule has 1 rings (SSSR count). The molecule has 2 heteroatoms. The van der Waals surface area contributed by atoms with Crippen LogP contribution in [-0.2, 0) is 0 Å². The van der Waals surface area contributed by atoms with Gasteiger partial charge in [-0.25, -0.2) is 0 Å². The van der Waals surface area contributed by atoms with Crippen molar-refractivity contribution in [3.8, 4) is 12.3 Å². The number of terminal acetylenes is 1. The minimum absolute atomic E-state index is 0.939. The third-order valence-corrected chi connectivity index (χ3v) is 2.96. The molecule has 0 amide bonds. The number of nitrogens with zero attached hydrogens (tertiary/aromatic N) is 2. The lowest BCUT2D eigenvalue weighted by Gasteiger charge is -2.33. The Labute approximate surface area is 88.3 Å². The van der Waals surface area contributed by atoms with Gasteiger partial charge in [0.25, 0.3) is 0 Å². The van der Waals surface area contributed by atoms with E-state index < -0.39 is 0 Å². The normalized spacial score (nSPS) is 19.4. The topological polar surface area (TPSA) is 6.48 Å². The summed E-state index contributed by atoms with van der Waals surface area (Å²) < 4.78 is 0. The summed E-state index contributed by atoms with van der Waals surface area (Å²) in [5.74, 6) is 2.69. The Morgan fingerprint density at radius 3 is 2.29 bits per heavy atom. The van der Waals surface area contributed by atoms with Gasteiger partial charge in [0.15, 0.2) is 0 Å². The quantitative estimate of drug-likeness (QED) is 0.482. The van der Waals surface area contributed by atoms with Crippen molar-refractivity contribution in [2.45, 2.75) is 26.2 Å². The van der Waals surface area contributed by atoms with Crippen LogP contribution in [0.2, 0.25) is 0 Å². The van der Waals surface area contributed by atoms with Gasteiger partial charge in [0.05, 0.1) is 0 Å². The summed E-state index contributed by atoms with van der Waals surface area (Å²) in [7, 11) is 0. The van der Waals surface area contributed by atoms with Gasteiger partial charge in [0.2, 0.25) is 0 Å². The van der Waals surface area contributed by atoms with Crippen LogP contribution in [0, 0.1) is 12.3 Å². The van der Waals surface area contributed by atoms with E-state index in [2.05, 4.69) is 22.6 Å². The molecule has 1 aliphatic heterocycles. The SMILES string of the molecule is C#CCCCCN1CCN(CC)CC1. The molecule has 0 aromatic carbocycles. The Hall–Kier alpha value is -0.520. The molecule has 80 valence electrons. The van der Waals surface area contributed by atoms with Crippen LogP contribution in [0.3, 0.4) is 0 Å². The molecule has 0 unspecified atom stereocenters. The molecule has 0 saturated carbocycles. The Balaban J connectivity index is 2.02. The van der Waals surface area contributed by atoms with Gasteiger partial charge in [-0.05, 0) is 25.9 Å². The van der Waals surface area contributed by atoms with E-state index in [-0.39, 0.29) is 0 Å². The maximum absolute atomic E-state index is 5.21. The molecule has 1 heterocycles. The average Bonchev–Trinajstić information content (AvgIpc) is 2.25. The van der Waals surface area contributed by atoms with Gasteiger partial charge in [-0.15, -0.1) is 12.3 Å². The fourth-order valence-corrected chi connectivity index (χ4v) is 1.89. The fraction of sp³-hybridized carbons (Fsp3) is 0.833. The summed E-state index contributed by atoms with van der Waals surface area (Å²) in [6, 6.07) is 0. The molecule has 0 aromatic heterocycles. The van der Waals surface area contributed by atoms with Crippen LogP contribution >= 0.6 is 0 Å². The maximum atomic E-state index is 5.21. The summed E-state index contributed by atoms with van der Waals surface area (Å²) in [6.07, 6.45) is 8.60. The molecule has 0 radical (unpaired) electrons. The number of rotatable bonds is 5. The first-order valence-corrected chi connectivity index (χ1v) is 5.75. The third-order valence-electron chi connectivity index (χ3n) is 2.96. The highest BCUT2D eigenvalue weighted by atomic mass is 15.3. The van der Waals surface area contributed by atoms with Crippen molar-refractivity contribution < 1.29 is 0 Å². The molecule has 0 aromatic rings. The van der Waals surface area contributed by atoms with Gasteiger partial charge in [-0.1, -0.05) is 6.92 Å². The first kappa shape index (κ1) is 11.6. The Bertz CT molecular complexity index is 175. The van der Waals surface area contributed by atoms with Gasteiger partial charge in [0, 0.05) is 32.6 Å². The molecule has 1 fully saturated rings. The van der Waals surface area contributed by atoms with Crippen LogP contribution in [0.25, 0.3) is 0 Å². The van der Waals surface area contributed by atoms with Gasteiger partial charge >= 0.3 is 0 Å². The molecular weight excluding hydrogens is 172 g/mol. The van der Waals surface area contributed by atoms with Crippen LogP contribution in [0.4, 0.5) is 0 Å². The predicted octanol–water partition coefficient (Wildman–Crippen LogP) is 1.43. The van der Waals surface area contributed by atoms with E-state index in [0.29, 0.717) is 0 Å². The lowest BCUT2D eigenvalue weighted by atomic mass is 10.2. The Kier molecular flexibility index (Phi) is 5.66. The van der Waals surface area contributed by atoms with E-state index in [0.717, 1.165) is 6.42 Å². The maximum Gasteiger partial charge on any atom is 0.0110 e. The van der Waals surface area contributed by atoms with Gasteiger partial charge in [-0.2, -0.15) is 0 Å². The van der Waals surface area contributed by atoms with Crippen molar-refractivity contribution in [2.75, 3.05) is 39.3 Å². The highest BCUT2D eigenvalue weighted by molar-refractivity contribution is 4.83. The van der Waals surface area contributed by atoms with Gasteiger partial charge < -0.3 is 9.80 Å². The van der Waals surface area contributed by atoms with E-state index in [4.69, 9.17) is 6.42 Å². The minimum atomic E-state index is 0.939. The van der Waals surface area contributed by atoms with E-state index >= 15 is 0 Å². The van der Waals surface area contributed by atoms with E-state index in [1.54, 1.807) is 0 Å². The number of hydrogen-bond acceptors (Lipinski definition) is 2. The van der Waals surface area contributed by atoms with Crippen LogP contribution in [0.15, 0.2) is 0 Å². The number of likely N-dealkylation sites (N-methyl/N-ethyl adjacent to an activating group) is 1. The van der Waals surface area contributed by atoms with Crippen LogP contribution in [-0.4, -0.2) is 49.1 Å². The van der Waals surface area contributed by atoms with Crippen LogP contribution < -0.4 is 0 Å². The zero-order valence-corrected chi connectivity index (χ0v) is 9.34. The number of unbranched alkanes of at least 4 members (excludes halogenated alkanes) is 2. The van der Waals surface area contributed by atoms with E-state index in [1.807, 2.05) is 0 Å². The molecule has 2 nitrogen and oxygen atoms in total. The smallest absolute Gasteiger partial charge is 0.0110 e. The van der Waals surface area contributed by atoms with E-state index in [9.17, 15) is 0 Å². The largest absolute Gasteiger partial charge is 0.301 e. The minimum Gasteiger partial charge on any atom is -0.301 e. The van der Waals surface area contributed by atoms with Crippen LogP contribution in [0.5, 0.6) is 0 Å². The third kappa shape index (κ3) is 4.13. The Morgan fingerprint density at radius 1 is 1.07 bits per heavy atom. The highest BCUT2D eigenvalue weighted by Gasteiger charge is 2.14. The first-order chi connectivity index (χ1) is 6.86. The monoisotopic (exact) mass is 194 g/mol. The van der Waals surface area contributed by atoms with Crippen molar-refractivity contribution in [1.29, 1.82) is 0 Å². The fourth-order valence-electron chi connectivity index (χ4n) is 1.89. The molecule has 1 saturated heterocycles. The zero-order chi connectivity index (χ0) is 10.2. The standard InChI is InChI=1S/C12H22N2/c1-3-5-6-7-8-14-11-9-13(4-2)10-12-14/h1H,4-12H2,2H3. The van der Waals surface area contributed by atoms with Crippen molar-refractivity contribution in [3.05, 3.63) is 0 Å². The van der Waals surface area contributed by atoms with Gasteiger partial charge in [-0.3, -0.25) is 0 Å². The molecule has 0 bridgehead atoms. The second-order valence-corrected chi connectivity index (χ2v) is 3.94. The lowest BCUT2D eigenvalue weighted by molar-refractivity contribution is 0.136. The number of piperazine rings is 1. The summed E-state index contributed by atoms with van der Waals surface area (Å²) in [4.78, 5) is 5.07. The number of hydrogen-bond donors (Lipinski definition) is 0. The summed E-state index contributed by atoms with van der Waals surface area (Å²) in [6.45, 7) is 9.64. The molecule has 0 aliphatic carbocycles. The molecule has 0 N–H and O–H groups in total. The summed E-state index contributed by atoms with van der Waals surface area (Å²) in [5, 5.41) is 0. The lowest BCUT2D eigenvalue weighted by Crippen LogP contribution is -2.46. The predicted molar refractivity (Wildman–Crippen MR) is 61.2 cm³/mol. The second kappa shape index (κ2) is 6.86. The average molecular weight is 194 g/mol. The van der Waals surface area contributed by atoms with Crippen LogP contribution in [0.1, 0.15) is 26.2 Å². The van der Waals surface area contributed by atoms with Crippen molar-refractivity contribution in [2.24, 2.45) is 0 Å². The molecule has 14 heavy (non-hydrogen) atoms. The van der Waals surface area contributed by atoms with Crippen molar-refractivity contribution in [3.63, 3.8) is 0 Å². The second-order valence-electron chi connectivity index (χ2n) is 3.94. The first-order valence-electron chi connectivity index (χ1n) is 5.75. The molecular formula is C12H22N2. The summed E-state index contributed by atoms with van der Waals surface area (Å²) >= 11 is 0. The zero-order valence-electron chi connectivity index (χ0n) is 9.34. The molecule has 0 atom stereocenters. The molecule has 1 aliphatic rings. The molecule has 0 spiro atoms. The van der Waals surface area contributed by atoms with Crippen molar-refractivity contribution >= 4 is 0 Å². The van der Waals surface area contributed by atoms with Gasteiger partial charge in [0.1, 0.15) is 0 Å². The van der Waals surface area contributed by atoms with E-state index in [1.165, 1.54) is 52.1 Å². The summed E-state index contributed by atoms with van der Waals surface area (Å²) in [5.41, 5.74) is 0. The highest BCUT2D eigenvalue weighted by Crippen LogP contribution is 2.03. The Morgan fingerprint density at radius 2 is 1.71 bits per heavy atom. The van der Waals surface area contributed by atoms with Crippen molar-refractivity contribution in [1.82, 2.24) is 9.80 Å².